The summed E-state index contributed by atoms with van der Waals surface area (Å²) in [6.07, 6.45) is -15.3. The number of aliphatic hydroxyl groups is 8. The van der Waals surface area contributed by atoms with E-state index in [-0.39, 0.29) is 34.4 Å². The van der Waals surface area contributed by atoms with E-state index < -0.39 is 86.2 Å². The van der Waals surface area contributed by atoms with Crippen LogP contribution in [-0.4, -0.2) is 121 Å². The third kappa shape index (κ3) is 5.51. The maximum absolute atomic E-state index is 13.4. The van der Waals surface area contributed by atoms with Crippen LogP contribution in [0.2, 0.25) is 0 Å². The third-order valence-corrected chi connectivity index (χ3v) is 9.48. The first-order chi connectivity index (χ1) is 23.5. The number of aliphatic hydroxyl groups excluding tert-OH is 8. The molecule has 4 aliphatic rings. The van der Waals surface area contributed by atoms with Gasteiger partial charge in [-0.05, 0) is 35.9 Å². The fourth-order valence-corrected chi connectivity index (χ4v) is 6.73. The average Bonchev–Trinajstić information content (AvgIpc) is 3.39. The number of carbonyl (C=O) groups is 1. The summed E-state index contributed by atoms with van der Waals surface area (Å²) in [5.74, 6) is -0.0246. The van der Waals surface area contributed by atoms with Crippen LogP contribution in [0.1, 0.15) is 32.6 Å². The minimum atomic E-state index is -1.68. The smallest absolute Gasteiger partial charge is 0.340 e. The van der Waals surface area contributed by atoms with E-state index in [1.807, 2.05) is 0 Å². The maximum Gasteiger partial charge on any atom is 0.340 e. The Labute approximate surface area is 282 Å². The Morgan fingerprint density at radius 3 is 1.61 bits per heavy atom. The van der Waals surface area contributed by atoms with Crippen LogP contribution >= 0.6 is 11.6 Å². The molecule has 3 aromatic carbocycles. The molecule has 0 radical (unpaired) electrons. The molecule has 1 spiro atoms. The van der Waals surface area contributed by atoms with Crippen LogP contribution < -0.4 is 14.2 Å². The van der Waals surface area contributed by atoms with Crippen LogP contribution in [0.25, 0.3) is 0 Å². The molecule has 0 saturated carbocycles. The summed E-state index contributed by atoms with van der Waals surface area (Å²) in [6, 6.07) is 14.2. The number of hydrogen-bond donors (Lipinski definition) is 8. The highest BCUT2D eigenvalue weighted by Gasteiger charge is 2.54. The van der Waals surface area contributed by atoms with E-state index in [0.29, 0.717) is 22.3 Å². The standard InChI is InChI=1S/C33H33ClO15/c34-10-13-1-4-17-16(7-13)30(43)49-33(17)18-5-2-14(44-31-28(41)26(39)24(37)22(11-35)47-31)8-20(18)46-21-9-15(3-6-19(21)33)45-32-29(42)27(40)25(38)23(12-36)48-32/h1-9,22-29,31-32,35-42H,10-12H2/t22-,23-,24+,25+,26+,27+,28-,29-,31+,32+/m1/s1. The average molecular weight is 705 g/mol. The molecule has 262 valence electrons. The Morgan fingerprint density at radius 1 is 0.653 bits per heavy atom. The molecular weight excluding hydrogens is 672 g/mol. The molecule has 8 N–H and O–H groups in total. The Kier molecular flexibility index (Phi) is 8.96. The predicted molar refractivity (Wildman–Crippen MR) is 163 cm³/mol. The molecule has 2 fully saturated rings. The molecule has 2 saturated heterocycles. The molecule has 0 aromatic heterocycles. The molecule has 0 unspecified atom stereocenters. The van der Waals surface area contributed by atoms with Crippen molar-refractivity contribution < 1.29 is 74.1 Å². The number of rotatable bonds is 7. The van der Waals surface area contributed by atoms with Crippen LogP contribution in [0.5, 0.6) is 23.0 Å². The van der Waals surface area contributed by atoms with Gasteiger partial charge in [-0.15, -0.1) is 11.6 Å². The molecule has 0 aliphatic carbocycles. The van der Waals surface area contributed by atoms with E-state index in [4.69, 9.17) is 40.0 Å². The minimum Gasteiger partial charge on any atom is -0.462 e. The topological polar surface area (TPSA) is 234 Å². The van der Waals surface area contributed by atoms with Gasteiger partial charge in [0.2, 0.25) is 12.6 Å². The Hall–Kier alpha value is -3.58. The normalized spacial score (nSPS) is 32.8. The van der Waals surface area contributed by atoms with Gasteiger partial charge in [0.15, 0.2) is 5.60 Å². The Morgan fingerprint density at radius 2 is 1.14 bits per heavy atom. The van der Waals surface area contributed by atoms with Gasteiger partial charge in [-0.3, -0.25) is 0 Å². The second-order valence-corrected chi connectivity index (χ2v) is 12.4. The van der Waals surface area contributed by atoms with Gasteiger partial charge in [0.25, 0.3) is 0 Å². The van der Waals surface area contributed by atoms with E-state index in [9.17, 15) is 45.6 Å². The Bertz CT molecular complexity index is 1640. The molecule has 4 aliphatic heterocycles. The summed E-state index contributed by atoms with van der Waals surface area (Å²) < 4.78 is 35.1. The fourth-order valence-electron chi connectivity index (χ4n) is 6.56. The van der Waals surface area contributed by atoms with E-state index in [2.05, 4.69) is 0 Å². The zero-order valence-corrected chi connectivity index (χ0v) is 26.2. The maximum atomic E-state index is 13.4. The summed E-state index contributed by atoms with van der Waals surface area (Å²) in [5, 5.41) is 81.0. The van der Waals surface area contributed by atoms with E-state index in [1.165, 1.54) is 24.3 Å². The molecule has 4 heterocycles. The zero-order valence-electron chi connectivity index (χ0n) is 25.4. The highest BCUT2D eigenvalue weighted by Crippen LogP contribution is 2.57. The van der Waals surface area contributed by atoms with Gasteiger partial charge >= 0.3 is 5.97 Å². The molecular formula is C33H33ClO15. The lowest BCUT2D eigenvalue weighted by atomic mass is 9.77. The summed E-state index contributed by atoms with van der Waals surface area (Å²) >= 11 is 6.06. The number of ether oxygens (including phenoxy) is 6. The number of halogens is 1. The van der Waals surface area contributed by atoms with E-state index in [1.54, 1.807) is 30.3 Å². The van der Waals surface area contributed by atoms with Gasteiger partial charge in [-0.25, -0.2) is 4.79 Å². The van der Waals surface area contributed by atoms with Crippen molar-refractivity contribution >= 4 is 17.6 Å². The van der Waals surface area contributed by atoms with Crippen molar-refractivity contribution in [3.05, 3.63) is 82.4 Å². The fraction of sp³-hybridized carbons (Fsp3) is 0.424. The largest absolute Gasteiger partial charge is 0.462 e. The second kappa shape index (κ2) is 12.9. The number of benzene rings is 3. The monoisotopic (exact) mass is 704 g/mol. The highest BCUT2D eigenvalue weighted by molar-refractivity contribution is 6.17. The van der Waals surface area contributed by atoms with Gasteiger partial charge < -0.3 is 69.3 Å². The van der Waals surface area contributed by atoms with Crippen LogP contribution in [0.3, 0.4) is 0 Å². The quantitative estimate of drug-likeness (QED) is 0.113. The van der Waals surface area contributed by atoms with Crippen molar-refractivity contribution in [2.45, 2.75) is 72.9 Å². The first kappa shape index (κ1) is 33.9. The number of fused-ring (bicyclic) bond motifs is 6. The van der Waals surface area contributed by atoms with Crippen molar-refractivity contribution in [3.8, 4) is 23.0 Å². The number of hydrogen-bond acceptors (Lipinski definition) is 15. The molecule has 49 heavy (non-hydrogen) atoms. The highest BCUT2D eigenvalue weighted by atomic mass is 35.5. The number of carbonyl (C=O) groups excluding carboxylic acids is 1. The lowest BCUT2D eigenvalue weighted by molar-refractivity contribution is -0.277. The number of alkyl halides is 1. The van der Waals surface area contributed by atoms with Crippen molar-refractivity contribution in [1.29, 1.82) is 0 Å². The molecule has 0 amide bonds. The lowest BCUT2D eigenvalue weighted by Crippen LogP contribution is -2.60. The Balaban J connectivity index is 1.28. The molecule has 15 nitrogen and oxygen atoms in total. The summed E-state index contributed by atoms with van der Waals surface area (Å²) in [4.78, 5) is 13.4. The minimum absolute atomic E-state index is 0.0810. The third-order valence-electron chi connectivity index (χ3n) is 9.17. The van der Waals surface area contributed by atoms with E-state index >= 15 is 0 Å². The molecule has 16 heteroatoms. The van der Waals surface area contributed by atoms with Crippen LogP contribution in [0.4, 0.5) is 0 Å². The molecule has 3 aromatic rings. The van der Waals surface area contributed by atoms with Gasteiger partial charge in [-0.2, -0.15) is 0 Å². The zero-order chi connectivity index (χ0) is 34.8. The summed E-state index contributed by atoms with van der Waals surface area (Å²) in [5.41, 5.74) is 0.712. The van der Waals surface area contributed by atoms with Crippen molar-refractivity contribution in [2.24, 2.45) is 0 Å². The summed E-state index contributed by atoms with van der Waals surface area (Å²) in [7, 11) is 0. The van der Waals surface area contributed by atoms with Crippen LogP contribution in [0.15, 0.2) is 54.6 Å². The molecule has 10 atom stereocenters. The van der Waals surface area contributed by atoms with Gasteiger partial charge in [0.05, 0.1) is 18.8 Å². The number of esters is 1. The van der Waals surface area contributed by atoms with Crippen molar-refractivity contribution in [2.75, 3.05) is 13.2 Å². The van der Waals surface area contributed by atoms with Gasteiger partial charge in [0, 0.05) is 34.7 Å². The summed E-state index contributed by atoms with van der Waals surface area (Å²) in [6.45, 7) is -1.30. The van der Waals surface area contributed by atoms with Crippen LogP contribution in [0, 0.1) is 0 Å². The van der Waals surface area contributed by atoms with E-state index in [0.717, 1.165) is 0 Å². The van der Waals surface area contributed by atoms with Crippen molar-refractivity contribution in [3.63, 3.8) is 0 Å². The van der Waals surface area contributed by atoms with Gasteiger partial charge in [-0.1, -0.05) is 12.1 Å². The lowest BCUT2D eigenvalue weighted by Gasteiger charge is -2.40. The molecule has 7 rings (SSSR count). The first-order valence-corrected chi connectivity index (χ1v) is 15.9. The van der Waals surface area contributed by atoms with Gasteiger partial charge in [0.1, 0.15) is 71.8 Å². The second-order valence-electron chi connectivity index (χ2n) is 12.1. The van der Waals surface area contributed by atoms with Crippen molar-refractivity contribution in [1.82, 2.24) is 0 Å². The van der Waals surface area contributed by atoms with Crippen LogP contribution in [-0.2, 0) is 25.7 Å². The first-order valence-electron chi connectivity index (χ1n) is 15.3. The predicted octanol–water partition coefficient (Wildman–Crippen LogP) is -0.649. The SMILES string of the molecule is O=C1OC2(c3ccc(O[C@H]4O[C@H](CO)[C@H](O)[C@H](O)[C@H]4O)cc3Oc3cc(O[C@H]4O[C@H](CO)[C@H](O)[C@H](O)[C@H]4O)ccc32)c2ccc(CCl)cc21. The molecule has 0 bridgehead atoms.